The Kier molecular flexibility index (Phi) is 5.22. The fraction of sp³-hybridized carbons (Fsp3) is 0.348. The minimum Gasteiger partial charge on any atom is -0.346 e. The topological polar surface area (TPSA) is 6.25 Å². The summed E-state index contributed by atoms with van der Waals surface area (Å²) in [5, 5.41) is 0. The third kappa shape index (κ3) is 2.92. The number of anilines is 1. The minimum absolute atomic E-state index is 0.0328. The van der Waals surface area contributed by atoms with Crippen LogP contribution < -0.4 is 4.90 Å². The van der Waals surface area contributed by atoms with Crippen molar-refractivity contribution >= 4 is 84.9 Å². The lowest BCUT2D eigenvalue weighted by Crippen LogP contribution is -2.33. The number of benzene rings is 2. The summed E-state index contributed by atoms with van der Waals surface area (Å²) < 4.78 is 6.34. The lowest BCUT2D eigenvalue weighted by Gasteiger charge is -2.27. The molecule has 0 radical (unpaired) electrons. The number of hydrogen-bond acceptors (Lipinski definition) is 1. The highest BCUT2D eigenvalue weighted by molar-refractivity contribution is 14.1. The van der Waals surface area contributed by atoms with Crippen molar-refractivity contribution in [2.24, 2.45) is 0 Å². The standard InChI is InChI=1S/C23H24I3N2/c1-22(2)15-11-13(24)7-9-17(15)27(5)20(22)19(26)21-23(3,4)16-12-14(25)8-10-18(16)28(21)6/h7-12H,1-6H3/q+1. The van der Waals surface area contributed by atoms with Gasteiger partial charge in [0.05, 0.1) is 5.41 Å². The molecule has 0 saturated carbocycles. The van der Waals surface area contributed by atoms with Gasteiger partial charge in [-0.05, 0) is 118 Å². The molecule has 146 valence electrons. The molecule has 2 aliphatic rings. The van der Waals surface area contributed by atoms with Gasteiger partial charge in [-0.3, -0.25) is 0 Å². The highest BCUT2D eigenvalue weighted by Crippen LogP contribution is 2.52. The zero-order valence-electron chi connectivity index (χ0n) is 17.0. The van der Waals surface area contributed by atoms with Gasteiger partial charge < -0.3 is 4.90 Å². The summed E-state index contributed by atoms with van der Waals surface area (Å²) in [6.07, 6.45) is 0. The van der Waals surface area contributed by atoms with Crippen LogP contribution in [0.15, 0.2) is 45.7 Å². The largest absolute Gasteiger partial charge is 0.346 e. The third-order valence-corrected chi connectivity index (χ3v) is 8.62. The summed E-state index contributed by atoms with van der Waals surface area (Å²) in [6.45, 7) is 9.44. The van der Waals surface area contributed by atoms with Crippen molar-refractivity contribution in [3.05, 3.63) is 63.9 Å². The molecule has 0 saturated heterocycles. The van der Waals surface area contributed by atoms with Gasteiger partial charge in [-0.2, -0.15) is 4.58 Å². The maximum atomic E-state index is 2.60. The van der Waals surface area contributed by atoms with Crippen LogP contribution in [-0.2, 0) is 10.8 Å². The van der Waals surface area contributed by atoms with Crippen molar-refractivity contribution in [1.82, 2.24) is 0 Å². The molecular formula is C23H24I3N2+. The van der Waals surface area contributed by atoms with Crippen molar-refractivity contribution in [3.63, 3.8) is 0 Å². The maximum Gasteiger partial charge on any atom is 0.209 e. The third-order valence-electron chi connectivity index (χ3n) is 6.26. The summed E-state index contributed by atoms with van der Waals surface area (Å²) in [4.78, 5) is 2.40. The molecule has 0 atom stereocenters. The second kappa shape index (κ2) is 6.93. The van der Waals surface area contributed by atoms with E-state index in [-0.39, 0.29) is 10.8 Å². The van der Waals surface area contributed by atoms with Crippen LogP contribution in [0.1, 0.15) is 38.8 Å². The van der Waals surface area contributed by atoms with E-state index < -0.39 is 0 Å². The van der Waals surface area contributed by atoms with E-state index in [1.165, 1.54) is 44.6 Å². The second-order valence-corrected chi connectivity index (χ2v) is 12.3. The van der Waals surface area contributed by atoms with Gasteiger partial charge in [0, 0.05) is 42.6 Å². The molecule has 28 heavy (non-hydrogen) atoms. The summed E-state index contributed by atoms with van der Waals surface area (Å²) in [5.74, 6) is 0. The van der Waals surface area contributed by atoms with E-state index in [9.17, 15) is 0 Å². The van der Waals surface area contributed by atoms with Gasteiger partial charge in [0.25, 0.3) is 0 Å². The van der Waals surface area contributed by atoms with Gasteiger partial charge in [0.15, 0.2) is 0 Å². The zero-order valence-corrected chi connectivity index (χ0v) is 23.5. The van der Waals surface area contributed by atoms with E-state index in [4.69, 9.17) is 0 Å². The average Bonchev–Trinajstić information content (AvgIpc) is 2.92. The average molecular weight is 709 g/mol. The summed E-state index contributed by atoms with van der Waals surface area (Å²) >= 11 is 7.44. The predicted molar refractivity (Wildman–Crippen MR) is 145 cm³/mol. The zero-order chi connectivity index (χ0) is 20.6. The van der Waals surface area contributed by atoms with Gasteiger partial charge in [-0.25, -0.2) is 0 Å². The minimum atomic E-state index is -0.0328. The molecule has 2 aromatic carbocycles. The lowest BCUT2D eigenvalue weighted by atomic mass is 9.78. The van der Waals surface area contributed by atoms with Crippen LogP contribution in [-0.4, -0.2) is 24.4 Å². The fourth-order valence-electron chi connectivity index (χ4n) is 4.89. The van der Waals surface area contributed by atoms with E-state index >= 15 is 0 Å². The molecular weight excluding hydrogens is 685 g/mol. The predicted octanol–water partition coefficient (Wildman–Crippen LogP) is 6.98. The summed E-state index contributed by atoms with van der Waals surface area (Å²) in [6, 6.07) is 13.6. The Balaban J connectivity index is 1.96. The van der Waals surface area contributed by atoms with Gasteiger partial charge >= 0.3 is 0 Å². The van der Waals surface area contributed by atoms with E-state index in [2.05, 4.69) is 155 Å². The molecule has 0 bridgehead atoms. The van der Waals surface area contributed by atoms with Gasteiger partial charge in [-0.1, -0.05) is 13.8 Å². The molecule has 2 heterocycles. The highest BCUT2D eigenvalue weighted by atomic mass is 127. The van der Waals surface area contributed by atoms with Crippen LogP contribution in [0.4, 0.5) is 11.4 Å². The summed E-state index contributed by atoms with van der Waals surface area (Å²) in [5.41, 5.74) is 8.19. The molecule has 0 N–H and O–H groups in total. The van der Waals surface area contributed by atoms with Crippen LogP contribution in [0.2, 0.25) is 0 Å². The van der Waals surface area contributed by atoms with Crippen LogP contribution >= 0.6 is 67.8 Å². The Morgan fingerprint density at radius 1 is 0.893 bits per heavy atom. The van der Waals surface area contributed by atoms with Crippen molar-refractivity contribution in [1.29, 1.82) is 0 Å². The first-order valence-electron chi connectivity index (χ1n) is 9.33. The smallest absolute Gasteiger partial charge is 0.209 e. The van der Waals surface area contributed by atoms with Crippen molar-refractivity contribution in [2.75, 3.05) is 19.0 Å². The monoisotopic (exact) mass is 709 g/mol. The number of hydrogen-bond donors (Lipinski definition) is 0. The Hall–Kier alpha value is -0.160. The number of rotatable bonds is 1. The number of halogens is 3. The Morgan fingerprint density at radius 3 is 2.11 bits per heavy atom. The lowest BCUT2D eigenvalue weighted by molar-refractivity contribution is -0.401. The Bertz CT molecular complexity index is 1080. The molecule has 4 rings (SSSR count). The van der Waals surface area contributed by atoms with Gasteiger partial charge in [0.1, 0.15) is 10.6 Å². The van der Waals surface area contributed by atoms with Crippen molar-refractivity contribution < 1.29 is 4.58 Å². The van der Waals surface area contributed by atoms with E-state index in [1.54, 1.807) is 0 Å². The number of likely N-dealkylation sites (N-methyl/N-ethyl adjacent to an activating group) is 1. The molecule has 2 aliphatic heterocycles. The molecule has 0 aliphatic carbocycles. The molecule has 2 aromatic rings. The van der Waals surface area contributed by atoms with Crippen LogP contribution in [0.5, 0.6) is 0 Å². The first-order chi connectivity index (χ1) is 13.0. The first kappa shape index (κ1) is 21.1. The highest BCUT2D eigenvalue weighted by Gasteiger charge is 2.49. The number of allylic oxidation sites excluding steroid dienone is 2. The van der Waals surface area contributed by atoms with Crippen LogP contribution in [0.3, 0.4) is 0 Å². The van der Waals surface area contributed by atoms with Gasteiger partial charge in [0.2, 0.25) is 11.4 Å². The molecule has 0 spiro atoms. The first-order valence-corrected chi connectivity index (χ1v) is 12.6. The molecule has 0 amide bonds. The second-order valence-electron chi connectivity index (χ2n) is 8.70. The molecule has 0 aromatic heterocycles. The van der Waals surface area contributed by atoms with E-state index in [0.29, 0.717) is 0 Å². The van der Waals surface area contributed by atoms with Crippen LogP contribution in [0, 0.1) is 7.14 Å². The molecule has 2 nitrogen and oxygen atoms in total. The van der Waals surface area contributed by atoms with E-state index in [0.717, 1.165) is 0 Å². The van der Waals surface area contributed by atoms with Crippen molar-refractivity contribution in [3.8, 4) is 0 Å². The van der Waals surface area contributed by atoms with Crippen molar-refractivity contribution in [2.45, 2.75) is 38.5 Å². The maximum absolute atomic E-state index is 2.60. The number of nitrogens with zero attached hydrogens (tertiary/aromatic N) is 2. The van der Waals surface area contributed by atoms with Crippen LogP contribution in [0.25, 0.3) is 0 Å². The quantitative estimate of drug-likeness (QED) is 0.229. The molecule has 0 unspecified atom stereocenters. The van der Waals surface area contributed by atoms with E-state index in [1.807, 2.05) is 0 Å². The molecule has 5 heteroatoms. The number of fused-ring (bicyclic) bond motifs is 2. The molecule has 0 fully saturated rings. The SMILES string of the molecule is CN1/C(=C(\I)C2=[N+](C)c3ccc(I)cc3C2(C)C)C(C)(C)c2cc(I)ccc21. The fourth-order valence-corrected chi connectivity index (χ4v) is 7.95. The normalized spacial score (nSPS) is 21.1. The summed E-state index contributed by atoms with van der Waals surface area (Å²) in [7, 11) is 4.43. The Morgan fingerprint density at radius 2 is 1.46 bits per heavy atom. The van der Waals surface area contributed by atoms with Gasteiger partial charge in [-0.15, -0.1) is 0 Å². The Labute approximate surface area is 208 Å².